The molecule has 11 heavy (non-hydrogen) atoms. The molecule has 1 aliphatic carbocycles. The fourth-order valence-corrected chi connectivity index (χ4v) is 1.68. The van der Waals surface area contributed by atoms with Crippen molar-refractivity contribution in [2.24, 2.45) is 5.92 Å². The van der Waals surface area contributed by atoms with E-state index in [0.29, 0.717) is 5.92 Å². The Balaban J connectivity index is 2.35. The second-order valence-corrected chi connectivity index (χ2v) is 3.35. The van der Waals surface area contributed by atoms with Gasteiger partial charge in [-0.25, -0.2) is 0 Å². The number of aliphatic hydroxyl groups is 1. The van der Waals surface area contributed by atoms with Crippen molar-refractivity contribution in [1.29, 1.82) is 0 Å². The molecule has 1 fully saturated rings. The third-order valence-corrected chi connectivity index (χ3v) is 2.40. The van der Waals surface area contributed by atoms with Crippen LogP contribution in [0.3, 0.4) is 0 Å². The summed E-state index contributed by atoms with van der Waals surface area (Å²) < 4.78 is 0. The first-order valence-electron chi connectivity index (χ1n) is 4.69. The highest BCUT2D eigenvalue weighted by Gasteiger charge is 2.19. The van der Waals surface area contributed by atoms with Crippen LogP contribution in [0, 0.1) is 5.92 Å². The lowest BCUT2D eigenvalue weighted by atomic mass is 9.86. The van der Waals surface area contributed by atoms with Gasteiger partial charge in [0, 0.05) is 5.92 Å². The largest absolute Gasteiger partial charge is 0.393 e. The summed E-state index contributed by atoms with van der Waals surface area (Å²) in [6.45, 7) is 2.13. The first kappa shape index (κ1) is 8.79. The quantitative estimate of drug-likeness (QED) is 0.606. The van der Waals surface area contributed by atoms with E-state index in [-0.39, 0.29) is 6.10 Å². The van der Waals surface area contributed by atoms with Gasteiger partial charge in [0.05, 0.1) is 6.10 Å². The molecule has 2 unspecified atom stereocenters. The average molecular weight is 154 g/mol. The Morgan fingerprint density at radius 1 is 1.36 bits per heavy atom. The standard InChI is InChI=1S/C10H18O/c1-2-3-6-9-7-4-5-8-10(9)11/h3,6,9-11H,2,4-5,7-8H2,1H3/b6-3+. The summed E-state index contributed by atoms with van der Waals surface area (Å²) in [5.74, 6) is 0.448. The van der Waals surface area contributed by atoms with Crippen molar-refractivity contribution in [2.75, 3.05) is 0 Å². The van der Waals surface area contributed by atoms with Gasteiger partial charge < -0.3 is 5.11 Å². The Morgan fingerprint density at radius 2 is 2.09 bits per heavy atom. The van der Waals surface area contributed by atoms with Gasteiger partial charge in [0.2, 0.25) is 0 Å². The summed E-state index contributed by atoms with van der Waals surface area (Å²) in [5, 5.41) is 9.54. The van der Waals surface area contributed by atoms with Crippen molar-refractivity contribution in [2.45, 2.75) is 45.1 Å². The normalized spacial score (nSPS) is 32.9. The van der Waals surface area contributed by atoms with E-state index in [1.165, 1.54) is 19.3 Å². The van der Waals surface area contributed by atoms with Crippen molar-refractivity contribution in [3.63, 3.8) is 0 Å². The van der Waals surface area contributed by atoms with Crippen LogP contribution in [0.25, 0.3) is 0 Å². The Hall–Kier alpha value is -0.300. The minimum Gasteiger partial charge on any atom is -0.393 e. The molecule has 1 rings (SSSR count). The predicted octanol–water partition coefficient (Wildman–Crippen LogP) is 2.50. The molecule has 1 nitrogen and oxygen atoms in total. The van der Waals surface area contributed by atoms with Crippen LogP contribution >= 0.6 is 0 Å². The van der Waals surface area contributed by atoms with Crippen LogP contribution < -0.4 is 0 Å². The zero-order valence-corrected chi connectivity index (χ0v) is 7.29. The van der Waals surface area contributed by atoms with Crippen LogP contribution in [0.15, 0.2) is 12.2 Å². The highest BCUT2D eigenvalue weighted by atomic mass is 16.3. The number of allylic oxidation sites excluding steroid dienone is 1. The van der Waals surface area contributed by atoms with Gasteiger partial charge in [0.1, 0.15) is 0 Å². The topological polar surface area (TPSA) is 20.2 Å². The fourth-order valence-electron chi connectivity index (χ4n) is 1.68. The van der Waals surface area contributed by atoms with Gasteiger partial charge in [0.25, 0.3) is 0 Å². The van der Waals surface area contributed by atoms with Gasteiger partial charge in [0.15, 0.2) is 0 Å². The molecular weight excluding hydrogens is 136 g/mol. The van der Waals surface area contributed by atoms with Crippen LogP contribution in [-0.2, 0) is 0 Å². The van der Waals surface area contributed by atoms with Crippen LogP contribution in [0.1, 0.15) is 39.0 Å². The molecule has 0 radical (unpaired) electrons. The van der Waals surface area contributed by atoms with E-state index in [0.717, 1.165) is 12.8 Å². The molecule has 0 aromatic carbocycles. The molecule has 2 atom stereocenters. The highest BCUT2D eigenvalue weighted by molar-refractivity contribution is 4.92. The maximum atomic E-state index is 9.54. The molecule has 1 heteroatoms. The summed E-state index contributed by atoms with van der Waals surface area (Å²) in [6, 6.07) is 0. The van der Waals surface area contributed by atoms with Crippen molar-refractivity contribution in [1.82, 2.24) is 0 Å². The monoisotopic (exact) mass is 154 g/mol. The first-order chi connectivity index (χ1) is 5.34. The number of hydrogen-bond acceptors (Lipinski definition) is 1. The average Bonchev–Trinajstić information content (AvgIpc) is 2.03. The lowest BCUT2D eigenvalue weighted by Crippen LogP contribution is -2.22. The number of hydrogen-bond donors (Lipinski definition) is 1. The van der Waals surface area contributed by atoms with E-state index >= 15 is 0 Å². The second-order valence-electron chi connectivity index (χ2n) is 3.35. The summed E-state index contributed by atoms with van der Waals surface area (Å²) in [5.41, 5.74) is 0. The van der Waals surface area contributed by atoms with E-state index in [1.807, 2.05) is 0 Å². The van der Waals surface area contributed by atoms with Gasteiger partial charge in [-0.2, -0.15) is 0 Å². The Kier molecular flexibility index (Phi) is 3.64. The van der Waals surface area contributed by atoms with Gasteiger partial charge in [-0.1, -0.05) is 31.9 Å². The molecule has 1 N–H and O–H groups in total. The van der Waals surface area contributed by atoms with Crippen LogP contribution in [0.4, 0.5) is 0 Å². The maximum Gasteiger partial charge on any atom is 0.0602 e. The smallest absolute Gasteiger partial charge is 0.0602 e. The highest BCUT2D eigenvalue weighted by Crippen LogP contribution is 2.25. The Labute approximate surface area is 69.1 Å². The van der Waals surface area contributed by atoms with E-state index < -0.39 is 0 Å². The van der Waals surface area contributed by atoms with E-state index in [9.17, 15) is 5.11 Å². The summed E-state index contributed by atoms with van der Waals surface area (Å²) in [4.78, 5) is 0. The van der Waals surface area contributed by atoms with Crippen LogP contribution in [-0.4, -0.2) is 11.2 Å². The zero-order valence-electron chi connectivity index (χ0n) is 7.29. The van der Waals surface area contributed by atoms with E-state index in [1.54, 1.807) is 0 Å². The first-order valence-corrected chi connectivity index (χ1v) is 4.69. The predicted molar refractivity (Wildman–Crippen MR) is 47.4 cm³/mol. The third-order valence-electron chi connectivity index (χ3n) is 2.40. The van der Waals surface area contributed by atoms with Gasteiger partial charge >= 0.3 is 0 Å². The Bertz CT molecular complexity index is 129. The second kappa shape index (κ2) is 4.55. The molecule has 1 aliphatic rings. The lowest BCUT2D eigenvalue weighted by Gasteiger charge is -2.24. The molecule has 0 saturated heterocycles. The molecule has 1 saturated carbocycles. The molecule has 0 aliphatic heterocycles. The van der Waals surface area contributed by atoms with Crippen LogP contribution in [0.2, 0.25) is 0 Å². The molecule has 0 spiro atoms. The third kappa shape index (κ3) is 2.66. The van der Waals surface area contributed by atoms with E-state index in [4.69, 9.17) is 0 Å². The number of rotatable bonds is 2. The van der Waals surface area contributed by atoms with Crippen LogP contribution in [0.5, 0.6) is 0 Å². The summed E-state index contributed by atoms with van der Waals surface area (Å²) >= 11 is 0. The van der Waals surface area contributed by atoms with Gasteiger partial charge in [-0.05, 0) is 19.3 Å². The van der Waals surface area contributed by atoms with Gasteiger partial charge in [-0.3, -0.25) is 0 Å². The SMILES string of the molecule is CC/C=C/C1CCCCC1O. The Morgan fingerprint density at radius 3 is 2.73 bits per heavy atom. The molecule has 0 bridgehead atoms. The molecule has 64 valence electrons. The zero-order chi connectivity index (χ0) is 8.10. The molecule has 0 aromatic rings. The maximum absolute atomic E-state index is 9.54. The summed E-state index contributed by atoms with van der Waals surface area (Å²) in [7, 11) is 0. The molecule has 0 heterocycles. The molecular formula is C10H18O. The lowest BCUT2D eigenvalue weighted by molar-refractivity contribution is 0.0926. The van der Waals surface area contributed by atoms with E-state index in [2.05, 4.69) is 19.1 Å². The van der Waals surface area contributed by atoms with Crippen molar-refractivity contribution >= 4 is 0 Å². The van der Waals surface area contributed by atoms with Gasteiger partial charge in [-0.15, -0.1) is 0 Å². The van der Waals surface area contributed by atoms with Crippen molar-refractivity contribution in [3.05, 3.63) is 12.2 Å². The minimum atomic E-state index is -0.0634. The molecule has 0 aromatic heterocycles. The van der Waals surface area contributed by atoms with Crippen molar-refractivity contribution < 1.29 is 5.11 Å². The minimum absolute atomic E-state index is 0.0634. The van der Waals surface area contributed by atoms with Crippen molar-refractivity contribution in [3.8, 4) is 0 Å². The fraction of sp³-hybridized carbons (Fsp3) is 0.800. The number of aliphatic hydroxyl groups excluding tert-OH is 1. The summed E-state index contributed by atoms with van der Waals surface area (Å²) in [6.07, 6.45) is 10.0. The molecule has 0 amide bonds.